The van der Waals surface area contributed by atoms with Crippen molar-refractivity contribution in [1.82, 2.24) is 10.3 Å². The third-order valence-electron chi connectivity index (χ3n) is 4.93. The highest BCUT2D eigenvalue weighted by Gasteiger charge is 2.15. The molecule has 3 N–H and O–H groups in total. The van der Waals surface area contributed by atoms with Gasteiger partial charge in [0.05, 0.1) is 5.56 Å². The molecule has 0 spiro atoms. The van der Waals surface area contributed by atoms with Crippen LogP contribution in [0.1, 0.15) is 66.4 Å². The molecule has 1 aromatic heterocycles. The highest BCUT2D eigenvalue weighted by molar-refractivity contribution is 5.83. The highest BCUT2D eigenvalue weighted by atomic mass is 19.1. The molecule has 0 unspecified atom stereocenters. The smallest absolute Gasteiger partial charge is 0.166 e. The monoisotopic (exact) mass is 480 g/mol. The molecule has 1 atom stereocenters. The van der Waals surface area contributed by atoms with Crippen LogP contribution < -0.4 is 16.0 Å². The van der Waals surface area contributed by atoms with Crippen molar-refractivity contribution in [2.75, 3.05) is 24.2 Å². The van der Waals surface area contributed by atoms with Gasteiger partial charge in [0, 0.05) is 37.2 Å². The van der Waals surface area contributed by atoms with Crippen molar-refractivity contribution in [2.45, 2.75) is 66.8 Å². The number of halogens is 1. The molecule has 0 radical (unpaired) electrons. The predicted molar refractivity (Wildman–Crippen MR) is 147 cm³/mol. The molecular formula is C28H41FN6. The molecule has 1 aromatic rings. The summed E-state index contributed by atoms with van der Waals surface area (Å²) in [5.41, 5.74) is 3.89. The molecule has 6 nitrogen and oxygen atoms in total. The van der Waals surface area contributed by atoms with Crippen LogP contribution in [0.5, 0.6) is 0 Å². The first kappa shape index (κ1) is 29.6. The van der Waals surface area contributed by atoms with Crippen molar-refractivity contribution in [1.29, 1.82) is 5.26 Å². The molecule has 0 aliphatic rings. The number of rotatable bonds is 13. The number of anilines is 2. The lowest BCUT2D eigenvalue weighted by Crippen LogP contribution is -2.33. The summed E-state index contributed by atoms with van der Waals surface area (Å²) in [5, 5.41) is 19.0. The molecule has 35 heavy (non-hydrogen) atoms. The number of hydrogen-bond acceptors (Lipinski definition) is 6. The molecule has 1 rings (SSSR count). The second kappa shape index (κ2) is 14.1. The molecule has 1 heterocycles. The maximum Gasteiger partial charge on any atom is 0.166 e. The summed E-state index contributed by atoms with van der Waals surface area (Å²) < 4.78 is 14.6. The zero-order chi connectivity index (χ0) is 26.6. The first-order valence-electron chi connectivity index (χ1n) is 11.9. The lowest BCUT2D eigenvalue weighted by Gasteiger charge is -2.24. The predicted octanol–water partition coefficient (Wildman–Crippen LogP) is 6.73. The average molecular weight is 481 g/mol. The Morgan fingerprint density at radius 2 is 1.97 bits per heavy atom. The molecule has 0 saturated heterocycles. The Balaban J connectivity index is 3.00. The maximum atomic E-state index is 14.6. The van der Waals surface area contributed by atoms with Crippen LogP contribution in [0.15, 0.2) is 58.9 Å². The van der Waals surface area contributed by atoms with Gasteiger partial charge in [-0.2, -0.15) is 5.26 Å². The Hall–Kier alpha value is -3.40. The van der Waals surface area contributed by atoms with E-state index in [9.17, 15) is 9.65 Å². The average Bonchev–Trinajstić information content (AvgIpc) is 2.75. The van der Waals surface area contributed by atoms with Crippen molar-refractivity contribution >= 4 is 17.9 Å². The SMILES string of the molecule is C=C(CC(C)(C)C)N[C@@H](C)CNc1nc(N/C(C)=C/C=C(/CCC)C(=C)C=NC)c(C#N)cc1F. The van der Waals surface area contributed by atoms with Crippen LogP contribution >= 0.6 is 0 Å². The van der Waals surface area contributed by atoms with E-state index >= 15 is 0 Å². The van der Waals surface area contributed by atoms with E-state index in [0.29, 0.717) is 12.4 Å². The van der Waals surface area contributed by atoms with E-state index < -0.39 is 5.82 Å². The summed E-state index contributed by atoms with van der Waals surface area (Å²) in [5.74, 6) is -0.193. The molecule has 0 bridgehead atoms. The maximum absolute atomic E-state index is 14.6. The number of nitriles is 1. The minimum absolute atomic E-state index is 0.0154. The van der Waals surface area contributed by atoms with Crippen LogP contribution in [0.3, 0.4) is 0 Å². The quantitative estimate of drug-likeness (QED) is 0.215. The van der Waals surface area contributed by atoms with Crippen molar-refractivity contribution in [3.63, 3.8) is 0 Å². The number of nitrogens with zero attached hydrogens (tertiary/aromatic N) is 3. The third-order valence-corrected chi connectivity index (χ3v) is 4.93. The van der Waals surface area contributed by atoms with Crippen molar-refractivity contribution in [3.8, 4) is 6.07 Å². The van der Waals surface area contributed by atoms with E-state index in [1.54, 1.807) is 13.3 Å². The van der Waals surface area contributed by atoms with E-state index in [1.165, 1.54) is 6.07 Å². The number of aromatic nitrogens is 1. The van der Waals surface area contributed by atoms with Gasteiger partial charge in [0.15, 0.2) is 17.5 Å². The van der Waals surface area contributed by atoms with Gasteiger partial charge in [0.2, 0.25) is 0 Å². The molecule has 7 heteroatoms. The van der Waals surface area contributed by atoms with Crippen LogP contribution in [0.2, 0.25) is 0 Å². The Morgan fingerprint density at radius 1 is 1.29 bits per heavy atom. The van der Waals surface area contributed by atoms with Gasteiger partial charge in [-0.25, -0.2) is 9.37 Å². The molecule has 190 valence electrons. The van der Waals surface area contributed by atoms with Crippen LogP contribution in [0.25, 0.3) is 0 Å². The zero-order valence-corrected chi connectivity index (χ0v) is 22.3. The van der Waals surface area contributed by atoms with Crippen LogP contribution in [-0.4, -0.2) is 30.8 Å². The number of nitrogens with one attached hydrogen (secondary N) is 3. The Kier molecular flexibility index (Phi) is 11.9. The van der Waals surface area contributed by atoms with Gasteiger partial charge < -0.3 is 16.0 Å². The van der Waals surface area contributed by atoms with Gasteiger partial charge in [-0.3, -0.25) is 4.99 Å². The lowest BCUT2D eigenvalue weighted by molar-refractivity contribution is 0.393. The van der Waals surface area contributed by atoms with Crippen LogP contribution in [0, 0.1) is 22.6 Å². The van der Waals surface area contributed by atoms with Gasteiger partial charge in [-0.15, -0.1) is 0 Å². The molecular weight excluding hydrogens is 439 g/mol. The van der Waals surface area contributed by atoms with Crippen molar-refractivity contribution in [3.05, 3.63) is 65.3 Å². The van der Waals surface area contributed by atoms with Gasteiger partial charge in [-0.05, 0) is 55.4 Å². The van der Waals surface area contributed by atoms with Gasteiger partial charge in [0.1, 0.15) is 6.07 Å². The minimum atomic E-state index is -0.574. The zero-order valence-electron chi connectivity index (χ0n) is 22.3. The summed E-state index contributed by atoms with van der Waals surface area (Å²) in [4.78, 5) is 8.39. The standard InChI is InChI=1S/C28H41FN6/c1-10-11-23(19(2)17-31-9)13-12-20(3)34-26-24(16-30)14-25(29)27(35-26)32-18-22(5)33-21(4)15-28(6,7)8/h12-14,17,22,33H,2,4,10-11,15,18H2,1,3,5-9H3,(H2,32,34,35)/b20-12+,23-13-,31-17?/t22-/m0/s1. The molecule has 0 saturated carbocycles. The number of hydrogen-bond donors (Lipinski definition) is 3. The topological polar surface area (TPSA) is 85.1 Å². The number of aliphatic imine (C=N–C) groups is 1. The van der Waals surface area contributed by atoms with Gasteiger partial charge >= 0.3 is 0 Å². The first-order chi connectivity index (χ1) is 16.4. The van der Waals surface area contributed by atoms with E-state index in [2.05, 4.69) is 66.8 Å². The summed E-state index contributed by atoms with van der Waals surface area (Å²) >= 11 is 0. The highest BCUT2D eigenvalue weighted by Crippen LogP contribution is 2.23. The first-order valence-corrected chi connectivity index (χ1v) is 11.9. The molecule has 0 amide bonds. The molecule has 0 aliphatic heterocycles. The molecule has 0 aliphatic carbocycles. The summed E-state index contributed by atoms with van der Waals surface area (Å²) in [7, 11) is 1.71. The van der Waals surface area contributed by atoms with Gasteiger partial charge in [-0.1, -0.05) is 53.3 Å². The fourth-order valence-electron chi connectivity index (χ4n) is 3.45. The third kappa shape index (κ3) is 11.0. The van der Waals surface area contributed by atoms with E-state index in [0.717, 1.165) is 41.8 Å². The Morgan fingerprint density at radius 3 is 2.54 bits per heavy atom. The molecule has 0 fully saturated rings. The second-order valence-electron chi connectivity index (χ2n) is 9.92. The Labute approximate surface area is 210 Å². The lowest BCUT2D eigenvalue weighted by atomic mass is 9.91. The van der Waals surface area contributed by atoms with Crippen molar-refractivity contribution in [2.24, 2.45) is 10.4 Å². The van der Waals surface area contributed by atoms with Crippen LogP contribution in [-0.2, 0) is 0 Å². The van der Waals surface area contributed by atoms with Gasteiger partial charge in [0.25, 0.3) is 0 Å². The van der Waals surface area contributed by atoms with E-state index in [4.69, 9.17) is 0 Å². The number of allylic oxidation sites excluding steroid dienone is 6. The van der Waals surface area contributed by atoms with Crippen molar-refractivity contribution < 1.29 is 4.39 Å². The second-order valence-corrected chi connectivity index (χ2v) is 9.92. The van der Waals surface area contributed by atoms with E-state index in [1.807, 2.05) is 32.1 Å². The largest absolute Gasteiger partial charge is 0.385 e. The summed E-state index contributed by atoms with van der Waals surface area (Å²) in [6, 6.07) is 3.22. The van der Waals surface area contributed by atoms with Crippen LogP contribution in [0.4, 0.5) is 16.0 Å². The summed E-state index contributed by atoms with van der Waals surface area (Å²) in [6.45, 7) is 21.0. The fraction of sp³-hybridized carbons (Fsp3) is 0.464. The summed E-state index contributed by atoms with van der Waals surface area (Å²) in [6.07, 6.45) is 8.29. The van der Waals surface area contributed by atoms with E-state index in [-0.39, 0.29) is 22.8 Å². The fourth-order valence-corrected chi connectivity index (χ4v) is 3.45. The minimum Gasteiger partial charge on any atom is -0.385 e. The molecule has 0 aromatic carbocycles. The normalized spacial score (nSPS) is 13.3. The Bertz CT molecular complexity index is 1020. The number of pyridine rings is 1.